The number of methoxy groups -OCH3 is 2. The van der Waals surface area contributed by atoms with Gasteiger partial charge in [0.25, 0.3) is 5.91 Å². The number of para-hydroxylation sites is 1. The molecule has 0 radical (unpaired) electrons. The van der Waals surface area contributed by atoms with Crippen LogP contribution in [0, 0.1) is 0 Å². The minimum Gasteiger partial charge on any atom is -0.493 e. The number of hydrogen-bond donors (Lipinski definition) is 1. The first kappa shape index (κ1) is 26.9. The molecule has 2 amide bonds. The molecule has 7 nitrogen and oxygen atoms in total. The molecule has 1 N–H and O–H groups in total. The number of carbonyl (C=O) groups is 2. The molecule has 0 saturated carbocycles. The van der Waals surface area contributed by atoms with E-state index in [0.29, 0.717) is 35.2 Å². The van der Waals surface area contributed by atoms with Gasteiger partial charge in [-0.3, -0.25) is 9.59 Å². The minimum atomic E-state index is -0.710. The fourth-order valence-corrected chi connectivity index (χ4v) is 3.75. The molecule has 0 fully saturated rings. The van der Waals surface area contributed by atoms with E-state index >= 15 is 0 Å². The highest BCUT2D eigenvalue weighted by Crippen LogP contribution is 2.27. The molecule has 0 aliphatic heterocycles. The van der Waals surface area contributed by atoms with Gasteiger partial charge in [0.05, 0.1) is 14.2 Å². The van der Waals surface area contributed by atoms with Crippen molar-refractivity contribution in [3.05, 3.63) is 88.9 Å². The second kappa shape index (κ2) is 13.4. The van der Waals surface area contributed by atoms with Crippen molar-refractivity contribution >= 4 is 23.4 Å². The van der Waals surface area contributed by atoms with Crippen LogP contribution in [-0.4, -0.2) is 50.1 Å². The van der Waals surface area contributed by atoms with Crippen LogP contribution in [-0.2, 0) is 22.6 Å². The van der Waals surface area contributed by atoms with Crippen molar-refractivity contribution in [1.29, 1.82) is 0 Å². The van der Waals surface area contributed by atoms with Crippen LogP contribution in [0.3, 0.4) is 0 Å². The highest BCUT2D eigenvalue weighted by Gasteiger charge is 2.26. The van der Waals surface area contributed by atoms with Crippen LogP contribution in [0.15, 0.2) is 72.8 Å². The van der Waals surface area contributed by atoms with E-state index in [-0.39, 0.29) is 25.0 Å². The van der Waals surface area contributed by atoms with Crippen LogP contribution in [0.1, 0.15) is 18.1 Å². The SMILES string of the molecule is COc1ccc(CCNC(=O)[C@@H](C)N(Cc2ccc(Cl)cc2)C(=O)COc2ccccc2)cc1OC. The number of amides is 2. The average Bonchev–Trinajstić information content (AvgIpc) is 2.91. The predicted octanol–water partition coefficient (Wildman–Crippen LogP) is 4.51. The summed E-state index contributed by atoms with van der Waals surface area (Å²) < 4.78 is 16.3. The molecule has 3 rings (SSSR count). The van der Waals surface area contributed by atoms with Crippen LogP contribution in [0.5, 0.6) is 17.2 Å². The number of nitrogens with zero attached hydrogens (tertiary/aromatic N) is 1. The Balaban J connectivity index is 1.64. The molecule has 3 aromatic rings. The summed E-state index contributed by atoms with van der Waals surface area (Å²) in [7, 11) is 3.17. The molecule has 0 saturated heterocycles. The lowest BCUT2D eigenvalue weighted by atomic mass is 10.1. The summed E-state index contributed by atoms with van der Waals surface area (Å²) in [4.78, 5) is 27.7. The number of rotatable bonds is 12. The quantitative estimate of drug-likeness (QED) is 0.388. The zero-order valence-corrected chi connectivity index (χ0v) is 21.5. The number of hydrogen-bond acceptors (Lipinski definition) is 5. The minimum absolute atomic E-state index is 0.180. The van der Waals surface area contributed by atoms with Gasteiger partial charge in [0.1, 0.15) is 11.8 Å². The fraction of sp³-hybridized carbons (Fsp3) is 0.286. The Bertz CT molecular complexity index is 1140. The zero-order valence-electron chi connectivity index (χ0n) is 20.7. The van der Waals surface area contributed by atoms with E-state index in [1.807, 2.05) is 48.5 Å². The Kier molecular flexibility index (Phi) is 10.0. The lowest BCUT2D eigenvalue weighted by molar-refractivity contribution is -0.142. The molecule has 0 unspecified atom stereocenters. The van der Waals surface area contributed by atoms with Gasteiger partial charge in [0.2, 0.25) is 5.91 Å². The van der Waals surface area contributed by atoms with Crippen molar-refractivity contribution in [1.82, 2.24) is 10.2 Å². The third-order valence-electron chi connectivity index (χ3n) is 5.70. The predicted molar refractivity (Wildman–Crippen MR) is 140 cm³/mol. The van der Waals surface area contributed by atoms with Gasteiger partial charge < -0.3 is 24.4 Å². The second-order valence-electron chi connectivity index (χ2n) is 8.16. The third-order valence-corrected chi connectivity index (χ3v) is 5.95. The van der Waals surface area contributed by atoms with Gasteiger partial charge >= 0.3 is 0 Å². The van der Waals surface area contributed by atoms with E-state index in [4.69, 9.17) is 25.8 Å². The Morgan fingerprint density at radius 2 is 1.58 bits per heavy atom. The lowest BCUT2D eigenvalue weighted by Gasteiger charge is -2.28. The molecular weight excluding hydrogens is 480 g/mol. The van der Waals surface area contributed by atoms with Crippen LogP contribution in [0.4, 0.5) is 0 Å². The van der Waals surface area contributed by atoms with E-state index in [2.05, 4.69) is 5.32 Å². The molecule has 0 spiro atoms. The van der Waals surface area contributed by atoms with Crippen LogP contribution in [0.25, 0.3) is 0 Å². The third kappa shape index (κ3) is 7.65. The maximum absolute atomic E-state index is 13.1. The summed E-state index contributed by atoms with van der Waals surface area (Å²) in [6.45, 7) is 2.18. The fourth-order valence-electron chi connectivity index (χ4n) is 3.63. The number of benzene rings is 3. The standard InChI is InChI=1S/C28H31ClN2O5/c1-20(28(33)30-16-15-21-11-14-25(34-2)26(17-21)35-3)31(18-22-9-12-23(29)13-10-22)27(32)19-36-24-7-5-4-6-8-24/h4-14,17,20H,15-16,18-19H2,1-3H3,(H,30,33)/t20-/m1/s1. The maximum atomic E-state index is 13.1. The van der Waals surface area contributed by atoms with E-state index in [9.17, 15) is 9.59 Å². The van der Waals surface area contributed by atoms with Gasteiger partial charge in [-0.25, -0.2) is 0 Å². The van der Waals surface area contributed by atoms with Gasteiger partial charge in [-0.15, -0.1) is 0 Å². The van der Waals surface area contributed by atoms with Crippen molar-refractivity contribution in [2.24, 2.45) is 0 Å². The Morgan fingerprint density at radius 1 is 0.917 bits per heavy atom. The maximum Gasteiger partial charge on any atom is 0.261 e. The highest BCUT2D eigenvalue weighted by molar-refractivity contribution is 6.30. The first-order valence-electron chi connectivity index (χ1n) is 11.6. The number of ether oxygens (including phenoxy) is 3. The molecule has 8 heteroatoms. The molecule has 0 heterocycles. The number of nitrogens with one attached hydrogen (secondary N) is 1. The Hall–Kier alpha value is -3.71. The molecule has 3 aromatic carbocycles. The van der Waals surface area contributed by atoms with Crippen molar-refractivity contribution in [2.45, 2.75) is 25.9 Å². The molecule has 0 aromatic heterocycles. The molecule has 0 aliphatic carbocycles. The summed E-state index contributed by atoms with van der Waals surface area (Å²) in [6.07, 6.45) is 0.598. The summed E-state index contributed by atoms with van der Waals surface area (Å²) in [6, 6.07) is 21.2. The Labute approximate surface area is 216 Å². The molecule has 1 atom stereocenters. The monoisotopic (exact) mass is 510 g/mol. The largest absolute Gasteiger partial charge is 0.493 e. The van der Waals surface area contributed by atoms with Crippen LogP contribution in [0.2, 0.25) is 5.02 Å². The van der Waals surface area contributed by atoms with Crippen molar-refractivity contribution in [2.75, 3.05) is 27.4 Å². The lowest BCUT2D eigenvalue weighted by Crippen LogP contribution is -2.49. The van der Waals surface area contributed by atoms with Crippen LogP contribution >= 0.6 is 11.6 Å². The average molecular weight is 511 g/mol. The first-order chi connectivity index (χ1) is 17.4. The second-order valence-corrected chi connectivity index (χ2v) is 8.59. The van der Waals surface area contributed by atoms with Crippen molar-refractivity contribution in [3.63, 3.8) is 0 Å². The van der Waals surface area contributed by atoms with E-state index in [1.54, 1.807) is 45.4 Å². The Morgan fingerprint density at radius 3 is 2.25 bits per heavy atom. The molecule has 0 aliphatic rings. The van der Waals surface area contributed by atoms with Gasteiger partial charge in [-0.2, -0.15) is 0 Å². The summed E-state index contributed by atoms with van der Waals surface area (Å²) in [5.74, 6) is 1.32. The highest BCUT2D eigenvalue weighted by atomic mass is 35.5. The van der Waals surface area contributed by atoms with E-state index < -0.39 is 6.04 Å². The van der Waals surface area contributed by atoms with Gasteiger partial charge in [0, 0.05) is 18.1 Å². The zero-order chi connectivity index (χ0) is 25.9. The molecule has 0 bridgehead atoms. The van der Waals surface area contributed by atoms with Gasteiger partial charge in [-0.05, 0) is 60.9 Å². The van der Waals surface area contributed by atoms with Gasteiger partial charge in [-0.1, -0.05) is 48.0 Å². The summed E-state index contributed by atoms with van der Waals surface area (Å²) >= 11 is 6.01. The molecule has 36 heavy (non-hydrogen) atoms. The number of carbonyl (C=O) groups excluding carboxylic acids is 2. The van der Waals surface area contributed by atoms with Crippen molar-refractivity contribution < 1.29 is 23.8 Å². The summed E-state index contributed by atoms with van der Waals surface area (Å²) in [5, 5.41) is 3.54. The normalized spacial score (nSPS) is 11.3. The smallest absolute Gasteiger partial charge is 0.261 e. The topological polar surface area (TPSA) is 77.1 Å². The molecular formula is C28H31ClN2O5. The summed E-state index contributed by atoms with van der Waals surface area (Å²) in [5.41, 5.74) is 1.85. The van der Waals surface area contributed by atoms with Gasteiger partial charge in [0.15, 0.2) is 18.1 Å². The van der Waals surface area contributed by atoms with Crippen molar-refractivity contribution in [3.8, 4) is 17.2 Å². The van der Waals surface area contributed by atoms with E-state index in [0.717, 1.165) is 11.1 Å². The molecule has 190 valence electrons. The van der Waals surface area contributed by atoms with Crippen LogP contribution < -0.4 is 19.5 Å². The number of halogens is 1. The van der Waals surface area contributed by atoms with E-state index in [1.165, 1.54) is 4.90 Å². The first-order valence-corrected chi connectivity index (χ1v) is 12.0.